The number of aromatic nitrogens is 2. The molecule has 0 radical (unpaired) electrons. The molecule has 1 amide bonds. The Morgan fingerprint density at radius 3 is 2.38 bits per heavy atom. The van der Waals surface area contributed by atoms with Gasteiger partial charge in [0, 0.05) is 7.05 Å². The lowest BCUT2D eigenvalue weighted by Gasteiger charge is -2.18. The molecule has 0 spiro atoms. The molecule has 0 saturated heterocycles. The molecule has 7 nitrogen and oxygen atoms in total. The number of benzene rings is 1. The lowest BCUT2D eigenvalue weighted by Crippen LogP contribution is -2.27. The highest BCUT2D eigenvalue weighted by Gasteiger charge is 2.24. The molecule has 1 N–H and O–H groups in total. The molecular weight excluding hydrogens is 370 g/mol. The van der Waals surface area contributed by atoms with E-state index in [0.717, 1.165) is 16.9 Å². The molecule has 3 aromatic rings. The van der Waals surface area contributed by atoms with Crippen LogP contribution in [0.1, 0.15) is 63.3 Å². The molecule has 29 heavy (non-hydrogen) atoms. The van der Waals surface area contributed by atoms with Gasteiger partial charge < -0.3 is 14.4 Å². The molecule has 0 atom stereocenters. The fraction of sp³-hybridized carbons (Fsp3) is 0.318. The van der Waals surface area contributed by atoms with Crippen molar-refractivity contribution in [2.75, 3.05) is 7.05 Å². The summed E-state index contributed by atoms with van der Waals surface area (Å²) in [6.45, 7) is 7.82. The predicted molar refractivity (Wildman–Crippen MR) is 109 cm³/mol. The van der Waals surface area contributed by atoms with E-state index in [1.807, 2.05) is 45.0 Å². The molecule has 0 aliphatic heterocycles. The molecule has 0 aliphatic carbocycles. The van der Waals surface area contributed by atoms with Crippen LogP contribution >= 0.6 is 0 Å². The Kier molecular flexibility index (Phi) is 5.59. The van der Waals surface area contributed by atoms with Gasteiger partial charge in [0.25, 0.3) is 5.91 Å². The van der Waals surface area contributed by atoms with Crippen LogP contribution in [0.5, 0.6) is 0 Å². The molecule has 2 heterocycles. The Balaban J connectivity index is 1.89. The van der Waals surface area contributed by atoms with Crippen LogP contribution in [0, 0.1) is 13.8 Å². The Morgan fingerprint density at radius 2 is 1.83 bits per heavy atom. The summed E-state index contributed by atoms with van der Waals surface area (Å²) in [5.74, 6) is -0.419. The molecule has 0 unspecified atom stereocenters. The van der Waals surface area contributed by atoms with E-state index in [9.17, 15) is 14.7 Å². The molecule has 3 rings (SSSR count). The highest BCUT2D eigenvalue weighted by atomic mass is 16.4. The second-order valence-corrected chi connectivity index (χ2v) is 7.49. The van der Waals surface area contributed by atoms with Gasteiger partial charge in [-0.2, -0.15) is 5.10 Å². The van der Waals surface area contributed by atoms with Gasteiger partial charge in [-0.25, -0.2) is 9.48 Å². The minimum Gasteiger partial charge on any atom is -0.478 e. The second-order valence-electron chi connectivity index (χ2n) is 7.49. The van der Waals surface area contributed by atoms with E-state index in [4.69, 9.17) is 4.42 Å². The molecule has 1 aromatic carbocycles. The van der Waals surface area contributed by atoms with E-state index in [2.05, 4.69) is 5.10 Å². The maximum atomic E-state index is 13.1. The third kappa shape index (κ3) is 4.08. The smallest absolute Gasteiger partial charge is 0.339 e. The average molecular weight is 395 g/mol. The maximum Gasteiger partial charge on any atom is 0.339 e. The zero-order valence-corrected chi connectivity index (χ0v) is 17.3. The van der Waals surface area contributed by atoms with Crippen LogP contribution in [-0.2, 0) is 6.54 Å². The van der Waals surface area contributed by atoms with E-state index in [-0.39, 0.29) is 23.9 Å². The highest BCUT2D eigenvalue weighted by Crippen LogP contribution is 2.25. The van der Waals surface area contributed by atoms with Crippen LogP contribution < -0.4 is 0 Å². The van der Waals surface area contributed by atoms with Gasteiger partial charge in [0.2, 0.25) is 0 Å². The normalized spacial score (nSPS) is 11.1. The first kappa shape index (κ1) is 20.4. The third-order valence-electron chi connectivity index (χ3n) is 4.80. The van der Waals surface area contributed by atoms with Gasteiger partial charge in [0.1, 0.15) is 17.1 Å². The van der Waals surface area contributed by atoms with Crippen molar-refractivity contribution >= 4 is 11.9 Å². The minimum absolute atomic E-state index is 0.0793. The van der Waals surface area contributed by atoms with Gasteiger partial charge >= 0.3 is 5.97 Å². The number of aromatic carboxylic acids is 1. The van der Waals surface area contributed by atoms with Crippen molar-refractivity contribution in [3.8, 4) is 5.69 Å². The van der Waals surface area contributed by atoms with Crippen molar-refractivity contribution in [2.24, 2.45) is 0 Å². The van der Waals surface area contributed by atoms with Crippen LogP contribution in [0.2, 0.25) is 0 Å². The first-order chi connectivity index (χ1) is 13.7. The van der Waals surface area contributed by atoms with Crippen LogP contribution in [0.3, 0.4) is 0 Å². The molecule has 0 aliphatic rings. The number of furan rings is 1. The Labute approximate surface area is 169 Å². The fourth-order valence-electron chi connectivity index (χ4n) is 3.32. The highest BCUT2D eigenvalue weighted by molar-refractivity contribution is 5.95. The maximum absolute atomic E-state index is 13.1. The summed E-state index contributed by atoms with van der Waals surface area (Å²) in [6.07, 6.45) is 1.59. The van der Waals surface area contributed by atoms with Crippen molar-refractivity contribution in [1.29, 1.82) is 0 Å². The largest absolute Gasteiger partial charge is 0.478 e. The van der Waals surface area contributed by atoms with Gasteiger partial charge in [0.15, 0.2) is 0 Å². The van der Waals surface area contributed by atoms with Gasteiger partial charge in [-0.15, -0.1) is 0 Å². The molecule has 152 valence electrons. The molecule has 7 heteroatoms. The number of rotatable bonds is 6. The van der Waals surface area contributed by atoms with E-state index in [1.54, 1.807) is 24.9 Å². The molecule has 2 aromatic heterocycles. The predicted octanol–water partition coefficient (Wildman–Crippen LogP) is 4.18. The summed E-state index contributed by atoms with van der Waals surface area (Å²) in [7, 11) is 1.66. The van der Waals surface area contributed by atoms with E-state index in [1.165, 1.54) is 11.0 Å². The zero-order valence-electron chi connectivity index (χ0n) is 17.3. The Morgan fingerprint density at radius 1 is 1.17 bits per heavy atom. The van der Waals surface area contributed by atoms with Crippen LogP contribution in [0.4, 0.5) is 0 Å². The number of carbonyl (C=O) groups is 2. The summed E-state index contributed by atoms with van der Waals surface area (Å²) in [5, 5.41) is 13.6. The molecule has 0 fully saturated rings. The van der Waals surface area contributed by atoms with Crippen LogP contribution in [0.15, 0.2) is 40.9 Å². The van der Waals surface area contributed by atoms with Crippen molar-refractivity contribution < 1.29 is 19.1 Å². The second kappa shape index (κ2) is 7.95. The number of nitrogens with zero attached hydrogens (tertiary/aromatic N) is 3. The SMILES string of the molecule is Cc1ccc(-n2ncc(C(=O)N(C)Cc3cc(C(=O)O)c(C)o3)c2C(C)C)cc1. The topological polar surface area (TPSA) is 88.6 Å². The first-order valence-corrected chi connectivity index (χ1v) is 9.42. The number of carboxylic acids is 1. The Hall–Kier alpha value is -3.35. The number of hydrogen-bond acceptors (Lipinski definition) is 4. The monoisotopic (exact) mass is 395 g/mol. The Bertz CT molecular complexity index is 1040. The summed E-state index contributed by atoms with van der Waals surface area (Å²) in [4.78, 5) is 25.8. The molecule has 0 bridgehead atoms. The number of aryl methyl sites for hydroxylation is 2. The summed E-state index contributed by atoms with van der Waals surface area (Å²) in [5.41, 5.74) is 3.50. The number of carboxylic acid groups (broad SMARTS) is 1. The van der Waals surface area contributed by atoms with Gasteiger partial charge in [0.05, 0.1) is 29.7 Å². The van der Waals surface area contributed by atoms with Crippen molar-refractivity contribution in [2.45, 2.75) is 40.2 Å². The average Bonchev–Trinajstić information content (AvgIpc) is 3.25. The fourth-order valence-corrected chi connectivity index (χ4v) is 3.32. The summed E-state index contributed by atoms with van der Waals surface area (Å²) in [6, 6.07) is 9.43. The summed E-state index contributed by atoms with van der Waals surface area (Å²) < 4.78 is 7.30. The number of carbonyl (C=O) groups excluding carboxylic acids is 1. The van der Waals surface area contributed by atoms with E-state index < -0.39 is 5.97 Å². The van der Waals surface area contributed by atoms with Crippen LogP contribution in [0.25, 0.3) is 5.69 Å². The molecular formula is C22H25N3O4. The minimum atomic E-state index is -1.05. The van der Waals surface area contributed by atoms with Crippen LogP contribution in [-0.4, -0.2) is 38.7 Å². The van der Waals surface area contributed by atoms with Crippen molar-refractivity contribution in [1.82, 2.24) is 14.7 Å². The van der Waals surface area contributed by atoms with Gasteiger partial charge in [-0.1, -0.05) is 31.5 Å². The third-order valence-corrected chi connectivity index (χ3v) is 4.80. The first-order valence-electron chi connectivity index (χ1n) is 9.42. The standard InChI is InChI=1S/C22H25N3O4/c1-13(2)20-19(11-23-25(20)16-8-6-14(3)7-9-16)21(26)24(5)12-17-10-18(22(27)28)15(4)29-17/h6-11,13H,12H2,1-5H3,(H,27,28). The van der Waals surface area contributed by atoms with E-state index in [0.29, 0.717) is 17.1 Å². The van der Waals surface area contributed by atoms with Gasteiger partial charge in [-0.3, -0.25) is 4.79 Å². The quantitative estimate of drug-likeness (QED) is 0.676. The number of amides is 1. The van der Waals surface area contributed by atoms with Gasteiger partial charge in [-0.05, 0) is 38.0 Å². The number of hydrogen-bond donors (Lipinski definition) is 1. The lowest BCUT2D eigenvalue weighted by molar-refractivity contribution is 0.0694. The van der Waals surface area contributed by atoms with Crippen molar-refractivity contribution in [3.63, 3.8) is 0 Å². The zero-order chi connectivity index (χ0) is 21.3. The summed E-state index contributed by atoms with van der Waals surface area (Å²) >= 11 is 0. The lowest BCUT2D eigenvalue weighted by atomic mass is 10.0. The van der Waals surface area contributed by atoms with E-state index >= 15 is 0 Å². The molecule has 0 saturated carbocycles. The van der Waals surface area contributed by atoms with Crippen molar-refractivity contribution in [3.05, 3.63) is 70.4 Å².